The molecule has 0 saturated heterocycles. The van der Waals surface area contributed by atoms with Crippen molar-refractivity contribution in [1.29, 1.82) is 0 Å². The summed E-state index contributed by atoms with van der Waals surface area (Å²) in [6.45, 7) is 0. The maximum atomic E-state index is 12.3. The van der Waals surface area contributed by atoms with E-state index in [4.69, 9.17) is 9.47 Å². The van der Waals surface area contributed by atoms with Gasteiger partial charge in [-0.25, -0.2) is 0 Å². The number of nitrogens with zero attached hydrogens (tertiary/aromatic N) is 4. The second-order valence-electron chi connectivity index (χ2n) is 6.24. The predicted molar refractivity (Wildman–Crippen MR) is 115 cm³/mol. The van der Waals surface area contributed by atoms with Crippen LogP contribution in [0.4, 0.5) is 5.69 Å². The number of para-hydroxylation sites is 1. The van der Waals surface area contributed by atoms with Crippen LogP contribution in [0.5, 0.6) is 11.5 Å². The summed E-state index contributed by atoms with van der Waals surface area (Å²) in [7, 11) is 3.22. The molecule has 2 aromatic carbocycles. The number of aromatic nitrogens is 4. The number of thioether (sulfide) groups is 1. The Balaban J connectivity index is 1.49. The number of hydrogen-bond donors (Lipinski definition) is 1. The minimum Gasteiger partial charge on any atom is -0.497 e. The predicted octanol–water partition coefficient (Wildman–Crippen LogP) is 3.54. The summed E-state index contributed by atoms with van der Waals surface area (Å²) in [5.41, 5.74) is 2.89. The summed E-state index contributed by atoms with van der Waals surface area (Å²) in [6.07, 6.45) is 0. The lowest BCUT2D eigenvalue weighted by molar-refractivity contribution is -0.113. The summed E-state index contributed by atoms with van der Waals surface area (Å²) in [5, 5.41) is 16.3. The zero-order valence-electron chi connectivity index (χ0n) is 16.4. The summed E-state index contributed by atoms with van der Waals surface area (Å²) >= 11 is 1.26. The number of carbonyl (C=O) groups excluding carboxylic acids is 1. The maximum absolute atomic E-state index is 12.3. The molecule has 0 radical (unpaired) electrons. The first-order valence-corrected chi connectivity index (χ1v) is 10.1. The van der Waals surface area contributed by atoms with E-state index < -0.39 is 0 Å². The van der Waals surface area contributed by atoms with Gasteiger partial charge in [-0.05, 0) is 48.5 Å². The number of benzene rings is 2. The number of fused-ring (bicyclic) bond motifs is 1. The highest BCUT2D eigenvalue weighted by atomic mass is 32.2. The Hall–Kier alpha value is -3.59. The first-order valence-electron chi connectivity index (χ1n) is 9.10. The highest BCUT2D eigenvalue weighted by Gasteiger charge is 2.13. The lowest BCUT2D eigenvalue weighted by Crippen LogP contribution is -2.14. The number of amides is 1. The van der Waals surface area contributed by atoms with Gasteiger partial charge in [0.15, 0.2) is 5.65 Å². The van der Waals surface area contributed by atoms with E-state index in [9.17, 15) is 4.79 Å². The van der Waals surface area contributed by atoms with Crippen LogP contribution in [0.25, 0.3) is 16.9 Å². The van der Waals surface area contributed by atoms with E-state index in [2.05, 4.69) is 20.6 Å². The van der Waals surface area contributed by atoms with Gasteiger partial charge in [0.05, 0.1) is 25.7 Å². The number of anilines is 1. The Bertz CT molecular complexity index is 1180. The molecule has 0 spiro atoms. The van der Waals surface area contributed by atoms with Crippen molar-refractivity contribution in [3.05, 3.63) is 60.7 Å². The lowest BCUT2D eigenvalue weighted by Gasteiger charge is -2.08. The number of methoxy groups -OCH3 is 2. The molecular weight excluding hydrogens is 402 g/mol. The SMILES string of the molecule is COc1ccc(NC(=O)CSc2nnc3ccc(-c4ccccc4OC)nn23)cc1. The molecule has 1 N–H and O–H groups in total. The molecule has 30 heavy (non-hydrogen) atoms. The van der Waals surface area contributed by atoms with Gasteiger partial charge in [-0.15, -0.1) is 10.2 Å². The standard InChI is InChI=1S/C21H19N5O3S/c1-28-15-9-7-14(8-10-15)22-20(27)13-30-21-24-23-19-12-11-17(25-26(19)21)16-5-3-4-6-18(16)29-2/h3-12H,13H2,1-2H3,(H,22,27). The van der Waals surface area contributed by atoms with Crippen LogP contribution in [0.2, 0.25) is 0 Å². The summed E-state index contributed by atoms with van der Waals surface area (Å²) in [5.74, 6) is 1.48. The van der Waals surface area contributed by atoms with E-state index in [1.165, 1.54) is 11.8 Å². The average Bonchev–Trinajstić information content (AvgIpc) is 3.20. The number of hydrogen-bond acceptors (Lipinski definition) is 7. The molecule has 4 aromatic rings. The molecule has 2 aromatic heterocycles. The largest absolute Gasteiger partial charge is 0.497 e. The number of ether oxygens (including phenoxy) is 2. The maximum Gasteiger partial charge on any atom is 0.234 e. The number of rotatable bonds is 7. The zero-order chi connectivity index (χ0) is 20.9. The van der Waals surface area contributed by atoms with Crippen molar-refractivity contribution in [1.82, 2.24) is 19.8 Å². The average molecular weight is 421 g/mol. The van der Waals surface area contributed by atoms with Gasteiger partial charge in [0.1, 0.15) is 11.5 Å². The molecule has 152 valence electrons. The van der Waals surface area contributed by atoms with E-state index in [0.717, 1.165) is 22.8 Å². The van der Waals surface area contributed by atoms with Crippen molar-refractivity contribution < 1.29 is 14.3 Å². The Morgan fingerprint density at radius 2 is 1.80 bits per heavy atom. The second kappa shape index (κ2) is 8.83. The van der Waals surface area contributed by atoms with Crippen molar-refractivity contribution in [3.8, 4) is 22.8 Å². The molecule has 0 saturated carbocycles. The molecule has 0 aliphatic rings. The third kappa shape index (κ3) is 4.20. The fourth-order valence-corrected chi connectivity index (χ4v) is 3.55. The second-order valence-corrected chi connectivity index (χ2v) is 7.18. The lowest BCUT2D eigenvalue weighted by atomic mass is 10.1. The summed E-state index contributed by atoms with van der Waals surface area (Å²) in [6, 6.07) is 18.5. The zero-order valence-corrected chi connectivity index (χ0v) is 17.2. The molecule has 4 rings (SSSR count). The van der Waals surface area contributed by atoms with Gasteiger partial charge in [0, 0.05) is 11.3 Å². The summed E-state index contributed by atoms with van der Waals surface area (Å²) < 4.78 is 12.2. The molecule has 0 bridgehead atoms. The van der Waals surface area contributed by atoms with Gasteiger partial charge in [-0.1, -0.05) is 23.9 Å². The van der Waals surface area contributed by atoms with E-state index in [1.807, 2.05) is 36.4 Å². The van der Waals surface area contributed by atoms with Crippen LogP contribution in [0, 0.1) is 0 Å². The quantitative estimate of drug-likeness (QED) is 0.457. The molecule has 8 nitrogen and oxygen atoms in total. The molecular formula is C21H19N5O3S. The van der Waals surface area contributed by atoms with E-state index in [1.54, 1.807) is 43.0 Å². The van der Waals surface area contributed by atoms with Gasteiger partial charge < -0.3 is 14.8 Å². The molecule has 9 heteroatoms. The highest BCUT2D eigenvalue weighted by Crippen LogP contribution is 2.28. The third-order valence-electron chi connectivity index (χ3n) is 4.32. The van der Waals surface area contributed by atoms with Gasteiger partial charge in [0.25, 0.3) is 0 Å². The fourth-order valence-electron chi connectivity index (χ4n) is 2.86. The minimum absolute atomic E-state index is 0.150. The monoisotopic (exact) mass is 421 g/mol. The normalized spacial score (nSPS) is 10.7. The van der Waals surface area contributed by atoms with Gasteiger partial charge in [0.2, 0.25) is 11.1 Å². The Kier molecular flexibility index (Phi) is 5.80. The highest BCUT2D eigenvalue weighted by molar-refractivity contribution is 7.99. The van der Waals surface area contributed by atoms with Crippen LogP contribution in [0.3, 0.4) is 0 Å². The van der Waals surface area contributed by atoms with Crippen LogP contribution < -0.4 is 14.8 Å². The van der Waals surface area contributed by atoms with E-state index in [0.29, 0.717) is 16.5 Å². The van der Waals surface area contributed by atoms with Crippen LogP contribution in [-0.4, -0.2) is 45.7 Å². The van der Waals surface area contributed by atoms with Gasteiger partial charge in [-0.3, -0.25) is 4.79 Å². The van der Waals surface area contributed by atoms with Crippen LogP contribution >= 0.6 is 11.8 Å². The van der Waals surface area contributed by atoms with Crippen molar-refractivity contribution in [2.75, 3.05) is 25.3 Å². The van der Waals surface area contributed by atoms with Gasteiger partial charge >= 0.3 is 0 Å². The van der Waals surface area contributed by atoms with Crippen molar-refractivity contribution in [2.24, 2.45) is 0 Å². The first-order chi connectivity index (χ1) is 14.7. The van der Waals surface area contributed by atoms with Crippen molar-refractivity contribution in [2.45, 2.75) is 5.16 Å². The van der Waals surface area contributed by atoms with E-state index >= 15 is 0 Å². The number of nitrogens with one attached hydrogen (secondary N) is 1. The molecule has 0 aliphatic carbocycles. The molecule has 0 aliphatic heterocycles. The van der Waals surface area contributed by atoms with Crippen LogP contribution in [0.15, 0.2) is 65.8 Å². The molecule has 1 amide bonds. The Morgan fingerprint density at radius 1 is 1.00 bits per heavy atom. The van der Waals surface area contributed by atoms with E-state index in [-0.39, 0.29) is 11.7 Å². The van der Waals surface area contributed by atoms with Crippen LogP contribution in [-0.2, 0) is 4.79 Å². The molecule has 0 atom stereocenters. The van der Waals surface area contributed by atoms with Crippen molar-refractivity contribution in [3.63, 3.8) is 0 Å². The Labute approximate surface area is 177 Å². The van der Waals surface area contributed by atoms with Gasteiger partial charge in [-0.2, -0.15) is 9.61 Å². The third-order valence-corrected chi connectivity index (χ3v) is 5.24. The minimum atomic E-state index is -0.150. The Morgan fingerprint density at radius 3 is 2.57 bits per heavy atom. The first kappa shape index (κ1) is 19.7. The van der Waals surface area contributed by atoms with Crippen LogP contribution in [0.1, 0.15) is 0 Å². The smallest absolute Gasteiger partial charge is 0.234 e. The number of carbonyl (C=O) groups is 1. The topological polar surface area (TPSA) is 90.6 Å². The molecule has 0 unspecified atom stereocenters. The molecule has 2 heterocycles. The summed E-state index contributed by atoms with van der Waals surface area (Å²) in [4.78, 5) is 12.3. The fraction of sp³-hybridized carbons (Fsp3) is 0.143. The van der Waals surface area contributed by atoms with Crippen molar-refractivity contribution >= 4 is 29.0 Å². The molecule has 0 fully saturated rings.